The van der Waals surface area contributed by atoms with Crippen LogP contribution in [0, 0.1) is 0 Å². The summed E-state index contributed by atoms with van der Waals surface area (Å²) in [6.07, 6.45) is -4.43. The first kappa shape index (κ1) is 15.5. The second kappa shape index (κ2) is 5.48. The van der Waals surface area contributed by atoms with Crippen LogP contribution < -0.4 is 5.32 Å². The zero-order valence-electron chi connectivity index (χ0n) is 11.6. The first-order valence-electron chi connectivity index (χ1n) is 6.49. The summed E-state index contributed by atoms with van der Waals surface area (Å²) in [6.45, 7) is 1.72. The summed E-state index contributed by atoms with van der Waals surface area (Å²) in [7, 11) is 1.33. The van der Waals surface area contributed by atoms with Crippen LogP contribution in [0.1, 0.15) is 34.5 Å². The Hall–Kier alpha value is -1.89. The second-order valence-electron chi connectivity index (χ2n) is 4.88. The van der Waals surface area contributed by atoms with Crippen LogP contribution in [0.15, 0.2) is 18.2 Å². The van der Waals surface area contributed by atoms with E-state index in [1.54, 1.807) is 6.92 Å². The molecule has 4 nitrogen and oxygen atoms in total. The molecule has 0 fully saturated rings. The van der Waals surface area contributed by atoms with Gasteiger partial charge in [0.05, 0.1) is 6.42 Å². The lowest BCUT2D eigenvalue weighted by Gasteiger charge is -2.26. The van der Waals surface area contributed by atoms with E-state index >= 15 is 0 Å². The van der Waals surface area contributed by atoms with Gasteiger partial charge in [0, 0.05) is 12.6 Å². The predicted octanol–water partition coefficient (Wildman–Crippen LogP) is 2.05. The Labute approximate surface area is 119 Å². The largest absolute Gasteiger partial charge is 0.407 e. The standard InChI is InChI=1S/C14H15F3N2O2/c1-3-18-12(14(15,16)17)9-5-4-8-7-11(20)19(2)13(21)10(8)6-9/h4-6,12,18H,3,7H2,1-2H3. The third-order valence-electron chi connectivity index (χ3n) is 3.45. The highest BCUT2D eigenvalue weighted by atomic mass is 19.4. The smallest absolute Gasteiger partial charge is 0.303 e. The average molecular weight is 300 g/mol. The molecule has 1 aliphatic heterocycles. The number of nitrogens with one attached hydrogen (secondary N) is 1. The molecule has 1 aliphatic rings. The van der Waals surface area contributed by atoms with Crippen molar-refractivity contribution in [3.05, 3.63) is 34.9 Å². The van der Waals surface area contributed by atoms with E-state index in [4.69, 9.17) is 0 Å². The summed E-state index contributed by atoms with van der Waals surface area (Å²) in [5.74, 6) is -0.931. The number of hydrogen-bond donors (Lipinski definition) is 1. The van der Waals surface area contributed by atoms with Crippen LogP contribution in [-0.2, 0) is 11.2 Å². The molecule has 0 radical (unpaired) electrons. The summed E-state index contributed by atoms with van der Waals surface area (Å²) in [5, 5.41) is 2.36. The summed E-state index contributed by atoms with van der Waals surface area (Å²) in [6, 6.07) is 2.12. The van der Waals surface area contributed by atoms with Crippen LogP contribution >= 0.6 is 0 Å². The summed E-state index contributed by atoms with van der Waals surface area (Å²) >= 11 is 0. The Morgan fingerprint density at radius 1 is 1.33 bits per heavy atom. The van der Waals surface area contributed by atoms with Gasteiger partial charge < -0.3 is 5.32 Å². The Balaban J connectivity index is 2.45. The van der Waals surface area contributed by atoms with Gasteiger partial charge >= 0.3 is 6.18 Å². The number of amides is 2. The molecule has 0 saturated heterocycles. The van der Waals surface area contributed by atoms with Crippen molar-refractivity contribution in [1.29, 1.82) is 0 Å². The van der Waals surface area contributed by atoms with Crippen LogP contribution in [0.25, 0.3) is 0 Å². The monoisotopic (exact) mass is 300 g/mol. The first-order chi connectivity index (χ1) is 9.75. The third kappa shape index (κ3) is 2.92. The number of hydrogen-bond acceptors (Lipinski definition) is 3. The first-order valence-corrected chi connectivity index (χ1v) is 6.49. The molecule has 1 N–H and O–H groups in total. The molecular weight excluding hydrogens is 285 g/mol. The van der Waals surface area contributed by atoms with Gasteiger partial charge in [0.15, 0.2) is 0 Å². The van der Waals surface area contributed by atoms with Crippen LogP contribution in [0.5, 0.6) is 0 Å². The number of benzene rings is 1. The second-order valence-corrected chi connectivity index (χ2v) is 4.88. The molecule has 0 spiro atoms. The minimum Gasteiger partial charge on any atom is -0.303 e. The Bertz CT molecular complexity index is 584. The van der Waals surface area contributed by atoms with Crippen molar-refractivity contribution in [1.82, 2.24) is 10.2 Å². The molecule has 0 aromatic heterocycles. The normalized spacial score (nSPS) is 16.9. The SMILES string of the molecule is CCNC(c1ccc2c(c1)C(=O)N(C)C(=O)C2)C(F)(F)F. The lowest BCUT2D eigenvalue weighted by molar-refractivity contribution is -0.157. The van der Waals surface area contributed by atoms with E-state index in [0.717, 1.165) is 4.90 Å². The van der Waals surface area contributed by atoms with E-state index in [0.29, 0.717) is 5.56 Å². The van der Waals surface area contributed by atoms with E-state index in [1.807, 2.05) is 0 Å². The molecule has 7 heteroatoms. The Kier molecular flexibility index (Phi) is 4.04. The molecule has 1 aromatic carbocycles. The van der Waals surface area contributed by atoms with Gasteiger partial charge in [-0.05, 0) is 23.7 Å². The van der Waals surface area contributed by atoms with Gasteiger partial charge in [0.25, 0.3) is 5.91 Å². The number of rotatable bonds is 3. The maximum absolute atomic E-state index is 13.0. The maximum atomic E-state index is 13.0. The zero-order valence-corrected chi connectivity index (χ0v) is 11.6. The third-order valence-corrected chi connectivity index (χ3v) is 3.45. The molecule has 1 heterocycles. The summed E-state index contributed by atoms with van der Waals surface area (Å²) in [4.78, 5) is 24.5. The van der Waals surface area contributed by atoms with Gasteiger partial charge in [0.1, 0.15) is 6.04 Å². The zero-order chi connectivity index (χ0) is 15.8. The minimum absolute atomic E-state index is 0.0236. The fraction of sp³-hybridized carbons (Fsp3) is 0.429. The van der Waals surface area contributed by atoms with Crippen molar-refractivity contribution < 1.29 is 22.8 Å². The van der Waals surface area contributed by atoms with E-state index < -0.39 is 18.1 Å². The lowest BCUT2D eigenvalue weighted by atomic mass is 9.94. The number of nitrogens with zero attached hydrogens (tertiary/aromatic N) is 1. The lowest BCUT2D eigenvalue weighted by Crippen LogP contribution is -2.40. The number of alkyl halides is 3. The summed E-state index contributed by atoms with van der Waals surface area (Å²) < 4.78 is 39.1. The van der Waals surface area contributed by atoms with Crippen molar-refractivity contribution >= 4 is 11.8 Å². The van der Waals surface area contributed by atoms with Gasteiger partial charge in [-0.2, -0.15) is 13.2 Å². The summed E-state index contributed by atoms with van der Waals surface area (Å²) in [5.41, 5.74) is 0.588. The number of halogens is 3. The van der Waals surface area contributed by atoms with Crippen molar-refractivity contribution in [3.8, 4) is 0 Å². The van der Waals surface area contributed by atoms with Gasteiger partial charge in [0.2, 0.25) is 5.91 Å². The fourth-order valence-electron chi connectivity index (χ4n) is 2.33. The van der Waals surface area contributed by atoms with Gasteiger partial charge in [-0.25, -0.2) is 0 Å². The number of carbonyl (C=O) groups is 2. The van der Waals surface area contributed by atoms with Gasteiger partial charge in [-0.15, -0.1) is 0 Å². The Morgan fingerprint density at radius 2 is 2.00 bits per heavy atom. The van der Waals surface area contributed by atoms with Crippen molar-refractivity contribution in [2.45, 2.75) is 25.6 Å². The Morgan fingerprint density at radius 3 is 2.57 bits per heavy atom. The molecule has 114 valence electrons. The highest BCUT2D eigenvalue weighted by Crippen LogP contribution is 2.34. The molecular formula is C14H15F3N2O2. The maximum Gasteiger partial charge on any atom is 0.407 e. The molecule has 1 atom stereocenters. The van der Waals surface area contributed by atoms with Crippen molar-refractivity contribution in [2.75, 3.05) is 13.6 Å². The molecule has 2 amide bonds. The molecule has 0 bridgehead atoms. The number of fused-ring (bicyclic) bond motifs is 1. The number of likely N-dealkylation sites (N-methyl/N-ethyl adjacent to an activating group) is 1. The van der Waals surface area contributed by atoms with Crippen LogP contribution in [0.3, 0.4) is 0 Å². The topological polar surface area (TPSA) is 49.4 Å². The average Bonchev–Trinajstić information content (AvgIpc) is 2.41. The highest BCUT2D eigenvalue weighted by Gasteiger charge is 2.41. The van der Waals surface area contributed by atoms with E-state index in [2.05, 4.69) is 5.32 Å². The molecule has 1 unspecified atom stereocenters. The predicted molar refractivity (Wildman–Crippen MR) is 69.7 cm³/mol. The quantitative estimate of drug-likeness (QED) is 0.869. The minimum atomic E-state index is -4.45. The molecule has 21 heavy (non-hydrogen) atoms. The van der Waals surface area contributed by atoms with E-state index in [-0.39, 0.29) is 30.0 Å². The van der Waals surface area contributed by atoms with Gasteiger partial charge in [-0.3, -0.25) is 14.5 Å². The molecule has 1 aromatic rings. The fourth-order valence-corrected chi connectivity index (χ4v) is 2.33. The van der Waals surface area contributed by atoms with Crippen LogP contribution in [0.2, 0.25) is 0 Å². The van der Waals surface area contributed by atoms with Gasteiger partial charge in [-0.1, -0.05) is 19.1 Å². The van der Waals surface area contributed by atoms with E-state index in [9.17, 15) is 22.8 Å². The molecule has 0 aliphatic carbocycles. The molecule has 2 rings (SSSR count). The number of imide groups is 1. The van der Waals surface area contributed by atoms with E-state index in [1.165, 1.54) is 25.2 Å². The van der Waals surface area contributed by atoms with Crippen molar-refractivity contribution in [2.24, 2.45) is 0 Å². The van der Waals surface area contributed by atoms with Crippen LogP contribution in [-0.4, -0.2) is 36.5 Å². The highest BCUT2D eigenvalue weighted by molar-refractivity contribution is 6.09. The molecule has 0 saturated carbocycles. The number of carbonyl (C=O) groups excluding carboxylic acids is 2. The van der Waals surface area contributed by atoms with Crippen molar-refractivity contribution in [3.63, 3.8) is 0 Å². The van der Waals surface area contributed by atoms with Crippen LogP contribution in [0.4, 0.5) is 13.2 Å².